The third-order valence-electron chi connectivity index (χ3n) is 5.26. The second-order valence-corrected chi connectivity index (χ2v) is 7.44. The molecule has 1 saturated carbocycles. The predicted molar refractivity (Wildman–Crippen MR) is 107 cm³/mol. The van der Waals surface area contributed by atoms with Gasteiger partial charge in [0.1, 0.15) is 0 Å². The van der Waals surface area contributed by atoms with Gasteiger partial charge in [-0.25, -0.2) is 4.79 Å². The van der Waals surface area contributed by atoms with Crippen LogP contribution in [0.3, 0.4) is 0 Å². The number of pyridine rings is 1. The standard InChI is InChI=1S/C20H27N3O8/c1-31-20(30)13-6-7-14(21-8-13)9-22(10-17(24)25)15-4-2-3-5-16(15)23(11-18(26)27)12-19(28)29/h6-8,15-16H,2-5,9-12H2,1H3,(H,24,25)(H,26,27)(H,28,29)/t15?,16-/m0/s1. The highest BCUT2D eigenvalue weighted by Gasteiger charge is 2.36. The van der Waals surface area contributed by atoms with Crippen molar-refractivity contribution in [3.8, 4) is 0 Å². The lowest BCUT2D eigenvalue weighted by Gasteiger charge is -2.43. The van der Waals surface area contributed by atoms with E-state index in [1.54, 1.807) is 11.0 Å². The summed E-state index contributed by atoms with van der Waals surface area (Å²) in [5.41, 5.74) is 0.793. The Kier molecular flexibility index (Phi) is 8.88. The van der Waals surface area contributed by atoms with E-state index in [0.29, 0.717) is 18.5 Å². The minimum Gasteiger partial charge on any atom is -0.480 e. The molecule has 170 valence electrons. The van der Waals surface area contributed by atoms with Crippen LogP contribution in [0.1, 0.15) is 41.7 Å². The average Bonchev–Trinajstić information content (AvgIpc) is 2.72. The van der Waals surface area contributed by atoms with Gasteiger partial charge in [-0.3, -0.25) is 29.2 Å². The van der Waals surface area contributed by atoms with Crippen molar-refractivity contribution in [1.29, 1.82) is 0 Å². The lowest BCUT2D eigenvalue weighted by atomic mass is 9.87. The summed E-state index contributed by atoms with van der Waals surface area (Å²) < 4.78 is 4.64. The summed E-state index contributed by atoms with van der Waals surface area (Å²) in [7, 11) is 1.26. The molecule has 31 heavy (non-hydrogen) atoms. The minimum atomic E-state index is -1.14. The molecular formula is C20H27N3O8. The molecule has 1 fully saturated rings. The molecule has 11 heteroatoms. The molecule has 1 unspecified atom stereocenters. The van der Waals surface area contributed by atoms with E-state index in [4.69, 9.17) is 0 Å². The van der Waals surface area contributed by atoms with Gasteiger partial charge in [0.25, 0.3) is 0 Å². The van der Waals surface area contributed by atoms with Crippen LogP contribution in [-0.2, 0) is 25.7 Å². The summed E-state index contributed by atoms with van der Waals surface area (Å²) in [5.74, 6) is -3.88. The quantitative estimate of drug-likeness (QED) is 0.415. The highest BCUT2D eigenvalue weighted by molar-refractivity contribution is 5.88. The van der Waals surface area contributed by atoms with Crippen molar-refractivity contribution in [2.24, 2.45) is 0 Å². The van der Waals surface area contributed by atoms with Crippen molar-refractivity contribution in [3.63, 3.8) is 0 Å². The first-order valence-corrected chi connectivity index (χ1v) is 9.88. The molecular weight excluding hydrogens is 410 g/mol. The van der Waals surface area contributed by atoms with E-state index >= 15 is 0 Å². The first-order chi connectivity index (χ1) is 14.7. The van der Waals surface area contributed by atoms with Crippen molar-refractivity contribution in [3.05, 3.63) is 29.6 Å². The Morgan fingerprint density at radius 3 is 1.90 bits per heavy atom. The molecule has 0 aliphatic heterocycles. The van der Waals surface area contributed by atoms with Gasteiger partial charge in [0.05, 0.1) is 38.0 Å². The Balaban J connectivity index is 2.27. The lowest BCUT2D eigenvalue weighted by molar-refractivity contribution is -0.146. The van der Waals surface area contributed by atoms with Crippen molar-refractivity contribution in [1.82, 2.24) is 14.8 Å². The molecule has 0 aromatic carbocycles. The predicted octanol–water partition coefficient (Wildman–Crippen LogP) is 0.537. The zero-order valence-corrected chi connectivity index (χ0v) is 17.3. The van der Waals surface area contributed by atoms with E-state index in [-0.39, 0.29) is 24.7 Å². The molecule has 0 bridgehead atoms. The summed E-state index contributed by atoms with van der Waals surface area (Å²) in [6, 6.07) is 2.36. The van der Waals surface area contributed by atoms with Crippen LogP contribution in [0.4, 0.5) is 0 Å². The molecule has 1 heterocycles. The Bertz CT molecular complexity index is 782. The lowest BCUT2D eigenvalue weighted by Crippen LogP contribution is -2.56. The number of aromatic nitrogens is 1. The second-order valence-electron chi connectivity index (χ2n) is 7.44. The normalized spacial score (nSPS) is 18.7. The molecule has 1 aromatic rings. The maximum Gasteiger partial charge on any atom is 0.339 e. The van der Waals surface area contributed by atoms with Gasteiger partial charge in [-0.2, -0.15) is 0 Å². The van der Waals surface area contributed by atoms with Gasteiger partial charge >= 0.3 is 23.9 Å². The van der Waals surface area contributed by atoms with Gasteiger partial charge in [0.2, 0.25) is 0 Å². The van der Waals surface area contributed by atoms with Crippen LogP contribution >= 0.6 is 0 Å². The summed E-state index contributed by atoms with van der Waals surface area (Å²) in [6.07, 6.45) is 4.13. The van der Waals surface area contributed by atoms with E-state index in [9.17, 15) is 34.5 Å². The molecule has 0 spiro atoms. The number of esters is 1. The zero-order chi connectivity index (χ0) is 23.0. The Hall–Kier alpha value is -3.05. The number of hydrogen-bond donors (Lipinski definition) is 3. The van der Waals surface area contributed by atoms with Crippen LogP contribution < -0.4 is 0 Å². The fourth-order valence-electron chi connectivity index (χ4n) is 4.01. The number of nitrogens with zero attached hydrogens (tertiary/aromatic N) is 3. The van der Waals surface area contributed by atoms with Crippen LogP contribution in [0, 0.1) is 0 Å². The molecule has 11 nitrogen and oxygen atoms in total. The fourth-order valence-corrected chi connectivity index (χ4v) is 4.01. The third kappa shape index (κ3) is 7.30. The Morgan fingerprint density at radius 2 is 1.45 bits per heavy atom. The van der Waals surface area contributed by atoms with Gasteiger partial charge in [0.15, 0.2) is 0 Å². The molecule has 1 aliphatic carbocycles. The van der Waals surface area contributed by atoms with Crippen molar-refractivity contribution >= 4 is 23.9 Å². The summed E-state index contributed by atoms with van der Waals surface area (Å²) in [6.45, 7) is -1.04. The van der Waals surface area contributed by atoms with Gasteiger partial charge in [-0.05, 0) is 25.0 Å². The molecule has 3 N–H and O–H groups in total. The van der Waals surface area contributed by atoms with Gasteiger partial charge < -0.3 is 20.1 Å². The highest BCUT2D eigenvalue weighted by atomic mass is 16.5. The summed E-state index contributed by atoms with van der Waals surface area (Å²) in [4.78, 5) is 53.0. The number of carboxylic acid groups (broad SMARTS) is 3. The third-order valence-corrected chi connectivity index (χ3v) is 5.26. The van der Waals surface area contributed by atoms with Gasteiger partial charge in [-0.15, -0.1) is 0 Å². The number of carboxylic acids is 3. The second kappa shape index (κ2) is 11.4. The SMILES string of the molecule is COC(=O)c1ccc(CN(CC(=O)O)C2CCCC[C@@H]2N(CC(=O)O)CC(=O)O)nc1. The average molecular weight is 437 g/mol. The maximum atomic E-state index is 11.6. The molecule has 0 saturated heterocycles. The number of carbonyl (C=O) groups excluding carboxylic acids is 1. The van der Waals surface area contributed by atoms with Gasteiger partial charge in [-0.1, -0.05) is 12.8 Å². The first kappa shape index (κ1) is 24.2. The molecule has 2 rings (SSSR count). The monoisotopic (exact) mass is 437 g/mol. The number of aliphatic carboxylic acids is 3. The van der Waals surface area contributed by atoms with E-state index in [2.05, 4.69) is 9.72 Å². The molecule has 1 aromatic heterocycles. The van der Waals surface area contributed by atoms with Crippen LogP contribution in [0.25, 0.3) is 0 Å². The topological polar surface area (TPSA) is 158 Å². The van der Waals surface area contributed by atoms with Gasteiger partial charge in [0, 0.05) is 24.8 Å². The number of hydrogen-bond acceptors (Lipinski definition) is 8. The maximum absolute atomic E-state index is 11.6. The van der Waals surface area contributed by atoms with Crippen molar-refractivity contribution < 1.29 is 39.2 Å². The highest BCUT2D eigenvalue weighted by Crippen LogP contribution is 2.28. The minimum absolute atomic E-state index is 0.156. The zero-order valence-electron chi connectivity index (χ0n) is 17.3. The molecule has 1 aliphatic rings. The summed E-state index contributed by atoms with van der Waals surface area (Å²) in [5, 5.41) is 27.9. The summed E-state index contributed by atoms with van der Waals surface area (Å²) >= 11 is 0. The number of methoxy groups -OCH3 is 1. The van der Waals surface area contributed by atoms with Crippen molar-refractivity contribution in [2.75, 3.05) is 26.7 Å². The molecule has 0 radical (unpaired) electrons. The van der Waals surface area contributed by atoms with E-state index in [1.807, 2.05) is 0 Å². The Labute approximate surface area is 179 Å². The van der Waals surface area contributed by atoms with Crippen LogP contribution in [0.5, 0.6) is 0 Å². The fraction of sp³-hybridized carbons (Fsp3) is 0.550. The van der Waals surface area contributed by atoms with E-state index < -0.39 is 43.0 Å². The first-order valence-electron chi connectivity index (χ1n) is 9.88. The molecule has 2 atom stereocenters. The van der Waals surface area contributed by atoms with Crippen LogP contribution in [-0.4, -0.2) is 92.8 Å². The smallest absolute Gasteiger partial charge is 0.339 e. The number of ether oxygens (including phenoxy) is 1. The van der Waals surface area contributed by atoms with E-state index in [1.165, 1.54) is 24.3 Å². The molecule has 0 amide bonds. The Morgan fingerprint density at radius 1 is 0.935 bits per heavy atom. The van der Waals surface area contributed by atoms with E-state index in [0.717, 1.165) is 12.8 Å². The largest absolute Gasteiger partial charge is 0.480 e. The van der Waals surface area contributed by atoms with Crippen LogP contribution in [0.15, 0.2) is 18.3 Å². The van der Waals surface area contributed by atoms with Crippen molar-refractivity contribution in [2.45, 2.75) is 44.3 Å². The van der Waals surface area contributed by atoms with Crippen LogP contribution in [0.2, 0.25) is 0 Å². The number of rotatable bonds is 11. The number of carbonyl (C=O) groups is 4.